The second-order valence-corrected chi connectivity index (χ2v) is 25.4. The van der Waals surface area contributed by atoms with Crippen molar-refractivity contribution in [2.24, 2.45) is 0 Å². The fraction of sp³-hybridized carbons (Fsp3) is 0.333. The first-order valence-corrected chi connectivity index (χ1v) is 25.7. The first kappa shape index (κ1) is 48.3. The summed E-state index contributed by atoms with van der Waals surface area (Å²) in [4.78, 5) is 7.41. The summed E-state index contributed by atoms with van der Waals surface area (Å²) in [6.07, 6.45) is 1.96. The summed E-state index contributed by atoms with van der Waals surface area (Å²) in [5, 5.41) is 0. The maximum Gasteiger partial charge on any atom is -0.0132 e. The summed E-state index contributed by atoms with van der Waals surface area (Å²) in [6, 6.07) is 49.5. The van der Waals surface area contributed by atoms with E-state index in [1.807, 2.05) is 6.20 Å². The Hall–Kier alpha value is -5.77. The number of benzene rings is 6. The summed E-state index contributed by atoms with van der Waals surface area (Å²) >= 11 is 2.51. The minimum atomic E-state index is -0.0335. The third-order valence-corrected chi connectivity index (χ3v) is 14.8. The Morgan fingerprint density at radius 2 is 0.986 bits per heavy atom. The SMILES string of the molecule is CC(C)(C)c1cc(-c2ccc3c(c2)CN(c2cc(C(C)(C)C)ccn2)c2cc(Oc4cccc(-n5[c](=[Pt])n(-c6cc(C(C)(C)C)cc(C(C)(C)C)c6)c6ccccc65)c4)ccc2-3)cc(C(C)(C)C)c1. The van der Waals surface area contributed by atoms with E-state index in [-0.39, 0.29) is 27.1 Å². The molecule has 3 heterocycles. The fourth-order valence-corrected chi connectivity index (χ4v) is 10.5. The van der Waals surface area contributed by atoms with Crippen LogP contribution < -0.4 is 9.64 Å². The third-order valence-electron chi connectivity index (χ3n) is 13.8. The van der Waals surface area contributed by atoms with Gasteiger partial charge in [0.15, 0.2) is 0 Å². The zero-order valence-electron chi connectivity index (χ0n) is 43.5. The van der Waals surface area contributed by atoms with Crippen LogP contribution >= 0.6 is 0 Å². The molecule has 0 bridgehead atoms. The van der Waals surface area contributed by atoms with Gasteiger partial charge in [0.1, 0.15) is 0 Å². The summed E-state index contributed by atoms with van der Waals surface area (Å²) in [6.45, 7) is 35.1. The minimum absolute atomic E-state index is 0.00425. The number of nitrogens with zero attached hydrogens (tertiary/aromatic N) is 4. The van der Waals surface area contributed by atoms with Crippen LogP contribution in [0, 0.1) is 3.80 Å². The number of hydrogen-bond donors (Lipinski definition) is 0. The molecule has 2 aromatic heterocycles. The maximum atomic E-state index is 6.89. The number of aromatic nitrogens is 3. The number of anilines is 2. The number of hydrogen-bond acceptors (Lipinski definition) is 3. The van der Waals surface area contributed by atoms with Crippen molar-refractivity contribution in [2.75, 3.05) is 4.90 Å². The Balaban J connectivity index is 1.13. The van der Waals surface area contributed by atoms with Gasteiger partial charge in [-0.1, -0.05) is 86.6 Å². The van der Waals surface area contributed by atoms with E-state index >= 15 is 0 Å². The second-order valence-electron chi connectivity index (χ2n) is 24.4. The molecule has 6 aromatic carbocycles. The van der Waals surface area contributed by atoms with E-state index in [9.17, 15) is 0 Å². The average molecular weight is 1090 g/mol. The summed E-state index contributed by atoms with van der Waals surface area (Å²) in [7, 11) is 0. The first-order valence-electron chi connectivity index (χ1n) is 24.5. The Kier molecular flexibility index (Phi) is 12.1. The van der Waals surface area contributed by atoms with Crippen LogP contribution in [0.15, 0.2) is 140 Å². The number of para-hydroxylation sites is 2. The molecule has 0 spiro atoms. The van der Waals surface area contributed by atoms with Gasteiger partial charge in [-0.3, -0.25) is 0 Å². The molecule has 69 heavy (non-hydrogen) atoms. The molecule has 0 atom stereocenters. The van der Waals surface area contributed by atoms with Crippen LogP contribution in [0.3, 0.4) is 0 Å². The van der Waals surface area contributed by atoms with Crippen LogP contribution in [0.5, 0.6) is 11.5 Å². The van der Waals surface area contributed by atoms with E-state index in [1.165, 1.54) is 55.8 Å². The van der Waals surface area contributed by atoms with Crippen LogP contribution in [-0.2, 0) is 53.0 Å². The largest absolute Gasteiger partial charge is 0.0561 e. The molecule has 0 unspecified atom stereocenters. The molecule has 1 aliphatic heterocycles. The zero-order valence-corrected chi connectivity index (χ0v) is 45.8. The smallest absolute Gasteiger partial charge is 0.0132 e. The third kappa shape index (κ3) is 9.61. The quantitative estimate of drug-likeness (QED) is 0.166. The number of imidazole rings is 1. The number of fused-ring (bicyclic) bond motifs is 4. The molecule has 9 rings (SSSR count). The van der Waals surface area contributed by atoms with Crippen LogP contribution in [0.4, 0.5) is 11.5 Å². The normalized spacial score (nSPS) is 13.4. The number of ether oxygens (including phenoxy) is 1. The predicted octanol–water partition coefficient (Wildman–Crippen LogP) is 17.2. The molecule has 0 aliphatic carbocycles. The van der Waals surface area contributed by atoms with Crippen molar-refractivity contribution in [2.45, 2.75) is 137 Å². The van der Waals surface area contributed by atoms with Gasteiger partial charge in [0.05, 0.1) is 0 Å². The van der Waals surface area contributed by atoms with Crippen LogP contribution in [-0.4, -0.2) is 14.1 Å². The maximum absolute atomic E-state index is 6.89. The molecule has 0 saturated carbocycles. The van der Waals surface area contributed by atoms with Crippen LogP contribution in [0.25, 0.3) is 44.7 Å². The average Bonchev–Trinajstić information content (AvgIpc) is 3.58. The fourth-order valence-electron chi connectivity index (χ4n) is 9.38. The molecule has 0 saturated heterocycles. The van der Waals surface area contributed by atoms with Gasteiger partial charge in [0.2, 0.25) is 0 Å². The van der Waals surface area contributed by atoms with Gasteiger partial charge < -0.3 is 0 Å². The van der Waals surface area contributed by atoms with E-state index in [0.29, 0.717) is 6.54 Å². The molecular formula is C63H70N4OPt. The molecule has 0 amide bonds. The molecule has 5 nitrogen and oxygen atoms in total. The molecule has 358 valence electrons. The van der Waals surface area contributed by atoms with Crippen LogP contribution in [0.2, 0.25) is 0 Å². The van der Waals surface area contributed by atoms with Gasteiger partial charge in [-0.25, -0.2) is 0 Å². The molecular weight excluding hydrogens is 1020 g/mol. The molecule has 0 fully saturated rings. The Morgan fingerprint density at radius 1 is 0.449 bits per heavy atom. The van der Waals surface area contributed by atoms with Crippen molar-refractivity contribution < 1.29 is 24.1 Å². The van der Waals surface area contributed by atoms with Gasteiger partial charge in [-0.15, -0.1) is 0 Å². The molecule has 8 aromatic rings. The standard InChI is InChI=1S/C63H70N4O.Pt/c1-59(2,3)44-27-28-64-58(36-44)65-39-43-29-41(42-30-45(60(4,5)6)32-46(31-42)61(7,8)9)23-25-53(43)54-26-24-52(38-57(54)65)68-51-20-18-19-49(37-51)66-40-67(56-22-17-16-21-55(56)66)50-34-47(62(10,11)12)33-48(35-50)63(13,14)15;/h16-38H,39H2,1-15H3;. The molecule has 0 N–H and O–H groups in total. The summed E-state index contributed by atoms with van der Waals surface area (Å²) in [5.41, 5.74) is 18.3. The zero-order chi connectivity index (χ0) is 49.6. The van der Waals surface area contributed by atoms with Gasteiger partial charge in [-0.05, 0) is 56.2 Å². The van der Waals surface area contributed by atoms with E-state index in [2.05, 4.69) is 271 Å². The minimum Gasteiger partial charge on any atom is -0.0561 e. The van der Waals surface area contributed by atoms with Gasteiger partial charge in [0, 0.05) is 6.20 Å². The second kappa shape index (κ2) is 17.3. The topological polar surface area (TPSA) is 35.2 Å². The molecule has 0 radical (unpaired) electrons. The van der Waals surface area contributed by atoms with Crippen LogP contribution in [0.1, 0.15) is 137 Å². The molecule has 6 heteroatoms. The van der Waals surface area contributed by atoms with Gasteiger partial charge in [-0.2, -0.15) is 0 Å². The Bertz CT molecular complexity index is 3270. The summed E-state index contributed by atoms with van der Waals surface area (Å²) < 4.78 is 12.7. The van der Waals surface area contributed by atoms with Crippen molar-refractivity contribution in [1.29, 1.82) is 0 Å². The number of pyridine rings is 1. The monoisotopic (exact) mass is 1090 g/mol. The summed E-state index contributed by atoms with van der Waals surface area (Å²) in [5.74, 6) is 2.46. The van der Waals surface area contributed by atoms with Crippen molar-refractivity contribution in [3.05, 3.63) is 177 Å². The molecule has 1 aliphatic rings. The van der Waals surface area contributed by atoms with E-state index in [0.717, 1.165) is 49.1 Å². The van der Waals surface area contributed by atoms with Crippen molar-refractivity contribution in [3.63, 3.8) is 0 Å². The van der Waals surface area contributed by atoms with Crippen molar-refractivity contribution in [3.8, 4) is 45.1 Å². The predicted molar refractivity (Wildman–Crippen MR) is 287 cm³/mol. The number of rotatable bonds is 6. The first-order chi connectivity index (χ1) is 32.2. The Labute approximate surface area is 422 Å². The van der Waals surface area contributed by atoms with E-state index < -0.39 is 0 Å². The van der Waals surface area contributed by atoms with Crippen molar-refractivity contribution in [1.82, 2.24) is 14.1 Å². The van der Waals surface area contributed by atoms with E-state index in [1.54, 1.807) is 0 Å². The Morgan fingerprint density at radius 3 is 1.57 bits per heavy atom. The van der Waals surface area contributed by atoms with Gasteiger partial charge in [0.25, 0.3) is 0 Å². The van der Waals surface area contributed by atoms with Crippen molar-refractivity contribution >= 4 is 22.5 Å². The van der Waals surface area contributed by atoms with Gasteiger partial charge >= 0.3 is 276 Å². The van der Waals surface area contributed by atoms with E-state index in [4.69, 9.17) is 9.72 Å².